The van der Waals surface area contributed by atoms with Crippen molar-refractivity contribution < 1.29 is 4.79 Å². The largest absolute Gasteiger partial charge is 0.368 e. The summed E-state index contributed by atoms with van der Waals surface area (Å²) in [5, 5.41) is 10.3. The first kappa shape index (κ1) is 16.9. The number of amides is 1. The number of aryl methyl sites for hydroxylation is 1. The second-order valence-corrected chi connectivity index (χ2v) is 6.21. The fourth-order valence-electron chi connectivity index (χ4n) is 2.54. The van der Waals surface area contributed by atoms with Crippen molar-refractivity contribution in [1.82, 2.24) is 24.9 Å². The van der Waals surface area contributed by atoms with Crippen LogP contribution in [0.1, 0.15) is 41.4 Å². The number of nitrogens with one attached hydrogen (secondary N) is 2. The zero-order valence-electron chi connectivity index (χ0n) is 14.7. The summed E-state index contributed by atoms with van der Waals surface area (Å²) in [5.74, 6) is 1.74. The molecule has 0 fully saturated rings. The molecule has 1 amide bonds. The summed E-state index contributed by atoms with van der Waals surface area (Å²) in [7, 11) is 0. The predicted molar refractivity (Wildman–Crippen MR) is 96.9 cm³/mol. The molecule has 7 heteroatoms. The second kappa shape index (κ2) is 7.29. The van der Waals surface area contributed by atoms with Crippen LogP contribution < -0.4 is 10.6 Å². The Morgan fingerprint density at radius 1 is 1.20 bits per heavy atom. The molecule has 0 saturated carbocycles. The Kier molecular flexibility index (Phi) is 4.92. The summed E-state index contributed by atoms with van der Waals surface area (Å²) >= 11 is 0. The normalized spacial score (nSPS) is 11.0. The maximum atomic E-state index is 12.2. The van der Waals surface area contributed by atoms with Gasteiger partial charge in [0, 0.05) is 30.4 Å². The minimum Gasteiger partial charge on any atom is -0.368 e. The van der Waals surface area contributed by atoms with Gasteiger partial charge in [-0.1, -0.05) is 26.0 Å². The lowest BCUT2D eigenvalue weighted by Crippen LogP contribution is -2.29. The van der Waals surface area contributed by atoms with E-state index in [0.29, 0.717) is 30.3 Å². The van der Waals surface area contributed by atoms with Crippen LogP contribution in [0.3, 0.4) is 0 Å². The van der Waals surface area contributed by atoms with E-state index in [2.05, 4.69) is 39.5 Å². The molecular formula is C18H22N6O. The third-order valence-corrected chi connectivity index (χ3v) is 3.94. The number of aromatic nitrogens is 4. The first-order chi connectivity index (χ1) is 12.0. The van der Waals surface area contributed by atoms with Gasteiger partial charge in [-0.15, -0.1) is 0 Å². The van der Waals surface area contributed by atoms with E-state index in [1.54, 1.807) is 4.52 Å². The Bertz CT molecular complexity index is 869. The summed E-state index contributed by atoms with van der Waals surface area (Å²) < 4.78 is 1.64. The molecule has 0 atom stereocenters. The predicted octanol–water partition coefficient (Wildman–Crippen LogP) is 2.40. The van der Waals surface area contributed by atoms with Gasteiger partial charge in [-0.2, -0.15) is 14.6 Å². The number of carbonyl (C=O) groups excluding carboxylic acids is 1. The quantitative estimate of drug-likeness (QED) is 0.674. The van der Waals surface area contributed by atoms with Crippen molar-refractivity contribution in [3.05, 3.63) is 53.5 Å². The van der Waals surface area contributed by atoms with Crippen LogP contribution in [-0.2, 0) is 0 Å². The van der Waals surface area contributed by atoms with E-state index < -0.39 is 0 Å². The van der Waals surface area contributed by atoms with Crippen LogP contribution in [0.5, 0.6) is 0 Å². The van der Waals surface area contributed by atoms with Gasteiger partial charge in [-0.25, -0.2) is 4.98 Å². The van der Waals surface area contributed by atoms with Crippen LogP contribution in [0.4, 0.5) is 5.82 Å². The monoisotopic (exact) mass is 338 g/mol. The fourth-order valence-corrected chi connectivity index (χ4v) is 2.54. The Hall–Kier alpha value is -2.96. The van der Waals surface area contributed by atoms with Crippen LogP contribution in [-0.4, -0.2) is 38.6 Å². The molecule has 0 bridgehead atoms. The van der Waals surface area contributed by atoms with Crippen LogP contribution in [0, 0.1) is 6.92 Å². The van der Waals surface area contributed by atoms with Gasteiger partial charge in [0.15, 0.2) is 0 Å². The van der Waals surface area contributed by atoms with Crippen molar-refractivity contribution in [2.45, 2.75) is 26.7 Å². The van der Waals surface area contributed by atoms with Crippen molar-refractivity contribution in [3.8, 4) is 0 Å². The van der Waals surface area contributed by atoms with Crippen molar-refractivity contribution >= 4 is 17.5 Å². The van der Waals surface area contributed by atoms with Crippen LogP contribution >= 0.6 is 0 Å². The number of hydrogen-bond donors (Lipinski definition) is 2. The van der Waals surface area contributed by atoms with Gasteiger partial charge >= 0.3 is 0 Å². The van der Waals surface area contributed by atoms with E-state index in [-0.39, 0.29) is 5.91 Å². The van der Waals surface area contributed by atoms with Gasteiger partial charge in [0.2, 0.25) is 0 Å². The second-order valence-electron chi connectivity index (χ2n) is 6.21. The Balaban J connectivity index is 1.54. The van der Waals surface area contributed by atoms with E-state index in [9.17, 15) is 4.79 Å². The lowest BCUT2D eigenvalue weighted by molar-refractivity contribution is 0.0955. The number of benzene rings is 1. The van der Waals surface area contributed by atoms with Crippen molar-refractivity contribution in [1.29, 1.82) is 0 Å². The number of nitrogens with zero attached hydrogens (tertiary/aromatic N) is 4. The average Bonchev–Trinajstić information content (AvgIpc) is 3.06. The number of carbonyl (C=O) groups is 1. The number of fused-ring (bicyclic) bond motifs is 1. The molecule has 25 heavy (non-hydrogen) atoms. The molecular weight excluding hydrogens is 316 g/mol. The van der Waals surface area contributed by atoms with E-state index in [4.69, 9.17) is 0 Å². The molecule has 7 nitrogen and oxygen atoms in total. The highest BCUT2D eigenvalue weighted by molar-refractivity contribution is 5.94. The van der Waals surface area contributed by atoms with Crippen LogP contribution in [0.25, 0.3) is 5.78 Å². The van der Waals surface area contributed by atoms with Crippen molar-refractivity contribution in [2.75, 3.05) is 18.4 Å². The molecule has 0 radical (unpaired) electrons. The molecule has 0 aliphatic carbocycles. The van der Waals surface area contributed by atoms with Gasteiger partial charge in [-0.3, -0.25) is 4.79 Å². The number of anilines is 1. The Labute approximate surface area is 146 Å². The van der Waals surface area contributed by atoms with Crippen molar-refractivity contribution in [3.63, 3.8) is 0 Å². The van der Waals surface area contributed by atoms with Gasteiger partial charge in [0.25, 0.3) is 11.7 Å². The molecule has 2 heterocycles. The summed E-state index contributed by atoms with van der Waals surface area (Å²) in [4.78, 5) is 20.6. The van der Waals surface area contributed by atoms with Gasteiger partial charge in [-0.05, 0) is 30.5 Å². The summed E-state index contributed by atoms with van der Waals surface area (Å²) in [6, 6.07) is 9.62. The molecule has 3 rings (SSSR count). The van der Waals surface area contributed by atoms with Gasteiger partial charge in [0.05, 0.1) is 0 Å². The number of hydrogen-bond acceptors (Lipinski definition) is 5. The highest BCUT2D eigenvalue weighted by Crippen LogP contribution is 2.14. The topological polar surface area (TPSA) is 84.2 Å². The highest BCUT2D eigenvalue weighted by Gasteiger charge is 2.07. The first-order valence-corrected chi connectivity index (χ1v) is 8.34. The maximum absolute atomic E-state index is 12.2. The molecule has 0 spiro atoms. The van der Waals surface area contributed by atoms with E-state index in [0.717, 1.165) is 11.5 Å². The molecule has 0 aliphatic heterocycles. The average molecular weight is 338 g/mol. The van der Waals surface area contributed by atoms with Crippen LogP contribution in [0.2, 0.25) is 0 Å². The molecule has 2 N–H and O–H groups in total. The minimum atomic E-state index is -0.0751. The zero-order chi connectivity index (χ0) is 17.8. The fraction of sp³-hybridized carbons (Fsp3) is 0.333. The van der Waals surface area contributed by atoms with Gasteiger partial charge in [0.1, 0.15) is 12.1 Å². The van der Waals surface area contributed by atoms with E-state index >= 15 is 0 Å². The molecule has 3 aromatic rings. The summed E-state index contributed by atoms with van der Waals surface area (Å²) in [5.41, 5.74) is 2.75. The van der Waals surface area contributed by atoms with E-state index in [1.165, 1.54) is 11.9 Å². The van der Waals surface area contributed by atoms with Crippen molar-refractivity contribution in [2.24, 2.45) is 0 Å². The molecule has 0 unspecified atom stereocenters. The van der Waals surface area contributed by atoms with E-state index in [1.807, 2.05) is 37.3 Å². The third-order valence-electron chi connectivity index (χ3n) is 3.94. The molecule has 0 aliphatic rings. The summed E-state index contributed by atoms with van der Waals surface area (Å²) in [6.07, 6.45) is 1.47. The summed E-state index contributed by atoms with van der Waals surface area (Å²) in [6.45, 7) is 7.25. The maximum Gasteiger partial charge on any atom is 0.254 e. The zero-order valence-corrected chi connectivity index (χ0v) is 14.7. The van der Waals surface area contributed by atoms with Gasteiger partial charge < -0.3 is 10.6 Å². The molecule has 0 saturated heterocycles. The standard InChI is InChI=1S/C18H22N6O/c1-12(2)14-4-6-15(7-5-14)17(25)20-9-8-19-16-10-13(3)23-18-21-11-22-24(16)18/h4-7,10-12,19H,8-9H2,1-3H3,(H,20,25). The third kappa shape index (κ3) is 3.93. The number of rotatable bonds is 6. The molecule has 1 aromatic carbocycles. The Morgan fingerprint density at radius 2 is 1.96 bits per heavy atom. The first-order valence-electron chi connectivity index (χ1n) is 8.34. The molecule has 130 valence electrons. The highest BCUT2D eigenvalue weighted by atomic mass is 16.1. The minimum absolute atomic E-state index is 0.0751. The SMILES string of the molecule is Cc1cc(NCCNC(=O)c2ccc(C(C)C)cc2)n2ncnc2n1. The Morgan fingerprint density at radius 3 is 2.68 bits per heavy atom. The molecule has 2 aromatic heterocycles. The lowest BCUT2D eigenvalue weighted by atomic mass is 10.0. The van der Waals surface area contributed by atoms with Crippen LogP contribution in [0.15, 0.2) is 36.7 Å². The lowest BCUT2D eigenvalue weighted by Gasteiger charge is -2.10. The smallest absolute Gasteiger partial charge is 0.254 e.